The molecule has 1 aliphatic heterocycles. The highest BCUT2D eigenvalue weighted by atomic mass is 16.2. The number of carbonyl (C=O) groups excluding carboxylic acids is 1. The highest BCUT2D eigenvalue weighted by Crippen LogP contribution is 2.10. The second-order valence-electron chi connectivity index (χ2n) is 6.76. The third kappa shape index (κ3) is 3.64. The topological polar surface area (TPSA) is 58.4 Å². The maximum atomic E-state index is 12.6. The van der Waals surface area contributed by atoms with Crippen molar-refractivity contribution < 1.29 is 4.79 Å². The van der Waals surface area contributed by atoms with E-state index in [1.807, 2.05) is 23.1 Å². The first-order valence-electron chi connectivity index (χ1n) is 8.49. The van der Waals surface area contributed by atoms with Gasteiger partial charge in [0.25, 0.3) is 0 Å². The normalized spacial score (nSPS) is 16.0. The maximum absolute atomic E-state index is 12.6. The molecule has 1 aliphatic rings. The zero-order chi connectivity index (χ0) is 17.1. The monoisotopic (exact) mass is 328 g/mol. The Balaban J connectivity index is 1.68. The lowest BCUT2D eigenvalue weighted by atomic mass is 10.2. The fourth-order valence-corrected chi connectivity index (χ4v) is 3.21. The number of para-hydroxylation sites is 1. The van der Waals surface area contributed by atoms with Gasteiger partial charge in [-0.15, -0.1) is 0 Å². The van der Waals surface area contributed by atoms with Gasteiger partial charge in [-0.3, -0.25) is 19.2 Å². The Hall–Kier alpha value is -2.21. The Kier molecular flexibility index (Phi) is 4.94. The lowest BCUT2D eigenvalue weighted by Gasteiger charge is -2.35. The molecule has 0 radical (unpaired) electrons. The Bertz CT molecular complexity index is 776. The van der Waals surface area contributed by atoms with Crippen LogP contribution in [0.2, 0.25) is 0 Å². The van der Waals surface area contributed by atoms with Crippen LogP contribution in [-0.2, 0) is 11.3 Å². The molecule has 0 atom stereocenters. The lowest BCUT2D eigenvalue weighted by molar-refractivity contribution is -0.133. The number of hydrogen-bond acceptors (Lipinski definition) is 4. The molecule has 0 unspecified atom stereocenters. The van der Waals surface area contributed by atoms with Crippen molar-refractivity contribution in [3.63, 3.8) is 0 Å². The van der Waals surface area contributed by atoms with Gasteiger partial charge in [-0.1, -0.05) is 26.0 Å². The molecule has 2 heterocycles. The van der Waals surface area contributed by atoms with Gasteiger partial charge in [0.15, 0.2) is 0 Å². The maximum Gasteiger partial charge on any atom is 0.244 e. The summed E-state index contributed by atoms with van der Waals surface area (Å²) >= 11 is 0. The van der Waals surface area contributed by atoms with E-state index in [9.17, 15) is 9.59 Å². The molecule has 3 rings (SSSR count). The number of aromatic nitrogens is 2. The number of nitrogens with zero attached hydrogens (tertiary/aromatic N) is 4. The number of fused-ring (bicyclic) bond motifs is 1. The second kappa shape index (κ2) is 7.13. The molecule has 0 N–H and O–H groups in total. The van der Waals surface area contributed by atoms with E-state index >= 15 is 0 Å². The predicted molar refractivity (Wildman–Crippen MR) is 93.9 cm³/mol. The molecule has 0 spiro atoms. The van der Waals surface area contributed by atoms with Crippen LogP contribution in [0.15, 0.2) is 35.3 Å². The van der Waals surface area contributed by atoms with Gasteiger partial charge in [-0.2, -0.15) is 5.10 Å². The van der Waals surface area contributed by atoms with E-state index < -0.39 is 0 Å². The molecule has 1 fully saturated rings. The van der Waals surface area contributed by atoms with Crippen molar-refractivity contribution in [2.75, 3.05) is 32.7 Å². The van der Waals surface area contributed by atoms with E-state index in [0.717, 1.165) is 32.7 Å². The van der Waals surface area contributed by atoms with E-state index in [4.69, 9.17) is 0 Å². The van der Waals surface area contributed by atoms with Crippen LogP contribution >= 0.6 is 0 Å². The molecule has 6 nitrogen and oxygen atoms in total. The van der Waals surface area contributed by atoms with Crippen LogP contribution in [0.1, 0.15) is 13.8 Å². The summed E-state index contributed by atoms with van der Waals surface area (Å²) in [6.45, 7) is 9.02. The Morgan fingerprint density at radius 1 is 1.17 bits per heavy atom. The quantitative estimate of drug-likeness (QED) is 0.846. The van der Waals surface area contributed by atoms with Crippen LogP contribution in [0.4, 0.5) is 0 Å². The van der Waals surface area contributed by atoms with Gasteiger partial charge in [0.05, 0.1) is 11.7 Å². The number of hydrogen-bond donors (Lipinski definition) is 0. The first-order valence-corrected chi connectivity index (χ1v) is 8.49. The van der Waals surface area contributed by atoms with Crippen molar-refractivity contribution in [3.8, 4) is 0 Å². The van der Waals surface area contributed by atoms with Crippen LogP contribution < -0.4 is 5.43 Å². The van der Waals surface area contributed by atoms with Crippen LogP contribution in [0.25, 0.3) is 10.9 Å². The first-order chi connectivity index (χ1) is 11.5. The predicted octanol–water partition coefficient (Wildman–Crippen LogP) is 1.20. The molecule has 0 saturated carbocycles. The number of carbonyl (C=O) groups is 1. The molecule has 1 saturated heterocycles. The zero-order valence-corrected chi connectivity index (χ0v) is 14.3. The Labute approximate surface area is 141 Å². The summed E-state index contributed by atoms with van der Waals surface area (Å²) in [6, 6.07) is 7.28. The van der Waals surface area contributed by atoms with Crippen LogP contribution in [0.5, 0.6) is 0 Å². The molecule has 1 aromatic carbocycles. The minimum absolute atomic E-state index is 0.0560. The van der Waals surface area contributed by atoms with Gasteiger partial charge in [0.1, 0.15) is 6.54 Å². The Morgan fingerprint density at radius 3 is 2.58 bits per heavy atom. The highest BCUT2D eigenvalue weighted by molar-refractivity contribution is 5.81. The van der Waals surface area contributed by atoms with Crippen LogP contribution in [0, 0.1) is 5.92 Å². The van der Waals surface area contributed by atoms with E-state index in [2.05, 4.69) is 23.8 Å². The third-order valence-corrected chi connectivity index (χ3v) is 4.40. The minimum atomic E-state index is -0.114. The van der Waals surface area contributed by atoms with E-state index in [1.54, 1.807) is 10.7 Å². The molecule has 6 heteroatoms. The van der Waals surface area contributed by atoms with Crippen molar-refractivity contribution in [1.29, 1.82) is 0 Å². The summed E-state index contributed by atoms with van der Waals surface area (Å²) in [5.41, 5.74) is 0.591. The lowest BCUT2D eigenvalue weighted by Crippen LogP contribution is -2.50. The summed E-state index contributed by atoms with van der Waals surface area (Å²) in [4.78, 5) is 28.8. The molecule has 1 amide bonds. The third-order valence-electron chi connectivity index (χ3n) is 4.40. The fourth-order valence-electron chi connectivity index (χ4n) is 3.21. The molecular formula is C18H24N4O2. The van der Waals surface area contributed by atoms with Gasteiger partial charge < -0.3 is 4.90 Å². The van der Waals surface area contributed by atoms with Gasteiger partial charge in [0.2, 0.25) is 11.3 Å². The summed E-state index contributed by atoms with van der Waals surface area (Å²) in [5.74, 6) is 0.699. The number of piperazine rings is 1. The molecule has 2 aromatic rings. The van der Waals surface area contributed by atoms with Crippen molar-refractivity contribution in [1.82, 2.24) is 19.6 Å². The van der Waals surface area contributed by atoms with Gasteiger partial charge >= 0.3 is 0 Å². The van der Waals surface area contributed by atoms with Gasteiger partial charge in [0, 0.05) is 38.1 Å². The van der Waals surface area contributed by atoms with E-state index in [1.165, 1.54) is 6.20 Å². The van der Waals surface area contributed by atoms with E-state index in [-0.39, 0.29) is 17.9 Å². The average molecular weight is 328 g/mol. The standard InChI is InChI=1S/C18H24N4O2/c1-14(2)12-20-7-9-21(10-8-20)18(24)13-22-16-6-4-3-5-15(16)17(23)11-19-22/h3-6,11,14H,7-10,12-13H2,1-2H3. The van der Waals surface area contributed by atoms with Crippen LogP contribution in [-0.4, -0.2) is 58.2 Å². The van der Waals surface area contributed by atoms with Crippen molar-refractivity contribution in [2.24, 2.45) is 5.92 Å². The van der Waals surface area contributed by atoms with Crippen molar-refractivity contribution >= 4 is 16.8 Å². The number of rotatable bonds is 4. The summed E-state index contributed by atoms with van der Waals surface area (Å²) in [5, 5.41) is 4.74. The average Bonchev–Trinajstić information content (AvgIpc) is 2.58. The summed E-state index contributed by atoms with van der Waals surface area (Å²) in [6.07, 6.45) is 1.29. The van der Waals surface area contributed by atoms with Gasteiger partial charge in [-0.05, 0) is 18.1 Å². The van der Waals surface area contributed by atoms with Crippen LogP contribution in [0.3, 0.4) is 0 Å². The Morgan fingerprint density at radius 2 is 1.88 bits per heavy atom. The number of benzene rings is 1. The fraction of sp³-hybridized carbons (Fsp3) is 0.500. The molecule has 1 aromatic heterocycles. The van der Waals surface area contributed by atoms with Crippen molar-refractivity contribution in [3.05, 3.63) is 40.7 Å². The van der Waals surface area contributed by atoms with E-state index in [0.29, 0.717) is 16.8 Å². The smallest absolute Gasteiger partial charge is 0.244 e. The summed E-state index contributed by atoms with van der Waals surface area (Å²) < 4.78 is 1.62. The number of amides is 1. The summed E-state index contributed by atoms with van der Waals surface area (Å²) in [7, 11) is 0. The molecule has 24 heavy (non-hydrogen) atoms. The van der Waals surface area contributed by atoms with Crippen molar-refractivity contribution in [2.45, 2.75) is 20.4 Å². The largest absolute Gasteiger partial charge is 0.339 e. The molecule has 0 aliphatic carbocycles. The minimum Gasteiger partial charge on any atom is -0.339 e. The zero-order valence-electron chi connectivity index (χ0n) is 14.3. The van der Waals surface area contributed by atoms with Gasteiger partial charge in [-0.25, -0.2) is 0 Å². The highest BCUT2D eigenvalue weighted by Gasteiger charge is 2.22. The molecule has 128 valence electrons. The molecular weight excluding hydrogens is 304 g/mol. The second-order valence-corrected chi connectivity index (χ2v) is 6.76. The first kappa shape index (κ1) is 16.6. The molecule has 0 bridgehead atoms. The SMILES string of the molecule is CC(C)CN1CCN(C(=O)Cn2ncc(=O)c3ccccc32)CC1.